The van der Waals surface area contributed by atoms with Crippen LogP contribution in [0.5, 0.6) is 0 Å². The van der Waals surface area contributed by atoms with Crippen LogP contribution in [-0.2, 0) is 9.47 Å². The predicted molar refractivity (Wildman–Crippen MR) is 163 cm³/mol. The lowest BCUT2D eigenvalue weighted by molar-refractivity contribution is 0.0151. The van der Waals surface area contributed by atoms with Crippen molar-refractivity contribution in [1.82, 2.24) is 0 Å². The fourth-order valence-corrected chi connectivity index (χ4v) is 6.34. The molecule has 2 saturated carbocycles. The van der Waals surface area contributed by atoms with Crippen molar-refractivity contribution in [1.29, 1.82) is 0 Å². The second-order valence-electron chi connectivity index (χ2n) is 12.2. The van der Waals surface area contributed by atoms with Gasteiger partial charge in [-0.25, -0.2) is 13.6 Å². The first-order chi connectivity index (χ1) is 20.0. The number of carbonyl (C=O) groups excluding carboxylic acids is 1. The first kappa shape index (κ1) is 31.4. The molecule has 224 valence electrons. The van der Waals surface area contributed by atoms with Crippen LogP contribution in [0.25, 0.3) is 17.2 Å². The molecule has 41 heavy (non-hydrogen) atoms. The van der Waals surface area contributed by atoms with Crippen LogP contribution in [0, 0.1) is 29.4 Å². The molecule has 0 N–H and O–H groups in total. The molecule has 0 aliphatic heterocycles. The van der Waals surface area contributed by atoms with E-state index in [1.54, 1.807) is 0 Å². The molecule has 3 nitrogen and oxygen atoms in total. The number of allylic oxidation sites excluding steroid dienone is 1. The number of hydrogen-bond donors (Lipinski definition) is 0. The van der Waals surface area contributed by atoms with Crippen molar-refractivity contribution in [2.45, 2.75) is 103 Å². The number of rotatable bonds is 13. The summed E-state index contributed by atoms with van der Waals surface area (Å²) in [4.78, 5) is 12.7. The van der Waals surface area contributed by atoms with E-state index in [4.69, 9.17) is 9.47 Å². The Kier molecular flexibility index (Phi) is 12.4. The highest BCUT2D eigenvalue weighted by atomic mass is 19.1. The fraction of sp³-hybridized carbons (Fsp3) is 0.583. The highest BCUT2D eigenvalue weighted by Gasteiger charge is 2.27. The van der Waals surface area contributed by atoms with E-state index >= 15 is 0 Å². The Hall–Kier alpha value is -2.53. The second kappa shape index (κ2) is 16.2. The van der Waals surface area contributed by atoms with Gasteiger partial charge in [-0.15, -0.1) is 0 Å². The third-order valence-corrected chi connectivity index (χ3v) is 8.93. The Balaban J connectivity index is 1.28. The highest BCUT2D eigenvalue weighted by molar-refractivity contribution is 5.91. The maximum Gasteiger partial charge on any atom is 0.344 e. The number of benzene rings is 2. The van der Waals surface area contributed by atoms with Gasteiger partial charge in [0.25, 0.3) is 0 Å². The molecule has 0 spiro atoms. The number of unbranched alkanes of at least 4 members (excludes halogenated alkanes) is 2. The van der Waals surface area contributed by atoms with Gasteiger partial charge in [0.05, 0.1) is 0 Å². The van der Waals surface area contributed by atoms with Crippen molar-refractivity contribution in [2.24, 2.45) is 17.8 Å². The zero-order valence-corrected chi connectivity index (χ0v) is 25.0. The maximum atomic E-state index is 15.0. The van der Waals surface area contributed by atoms with Crippen molar-refractivity contribution in [2.75, 3.05) is 13.2 Å². The molecule has 2 aromatic carbocycles. The van der Waals surface area contributed by atoms with E-state index in [0.29, 0.717) is 28.9 Å². The molecule has 4 rings (SSSR count). The Labute approximate surface area is 245 Å². The van der Waals surface area contributed by atoms with Gasteiger partial charge in [0.1, 0.15) is 23.3 Å². The molecule has 0 radical (unpaired) electrons. The normalized spacial score (nSPS) is 23.1. The topological polar surface area (TPSA) is 35.5 Å². The first-order valence-corrected chi connectivity index (χ1v) is 16.0. The third-order valence-electron chi connectivity index (χ3n) is 8.93. The van der Waals surface area contributed by atoms with Gasteiger partial charge in [-0.05, 0) is 104 Å². The van der Waals surface area contributed by atoms with Gasteiger partial charge < -0.3 is 9.47 Å². The van der Waals surface area contributed by atoms with Gasteiger partial charge in [-0.2, -0.15) is 0 Å². The molecule has 5 heteroatoms. The highest BCUT2D eigenvalue weighted by Crippen LogP contribution is 2.33. The van der Waals surface area contributed by atoms with E-state index in [0.717, 1.165) is 50.9 Å². The van der Waals surface area contributed by atoms with Crippen LogP contribution in [0.4, 0.5) is 8.78 Å². The minimum absolute atomic E-state index is 0.265. The van der Waals surface area contributed by atoms with Crippen molar-refractivity contribution in [3.8, 4) is 11.1 Å². The number of ether oxygens (including phenoxy) is 2. The van der Waals surface area contributed by atoms with E-state index in [9.17, 15) is 13.6 Å². The zero-order valence-electron chi connectivity index (χ0n) is 25.0. The van der Waals surface area contributed by atoms with Crippen LogP contribution >= 0.6 is 0 Å². The molecule has 0 atom stereocenters. The molecule has 0 unspecified atom stereocenters. The SMILES string of the molecule is CCCCCC1CCC(OC(=O)c2c(F)cc(-c3ccc(C=CC4CCC(COCCC)CC4)cc3)cc2F)CC1. The zero-order chi connectivity index (χ0) is 29.0. The van der Waals surface area contributed by atoms with E-state index in [-0.39, 0.29) is 6.10 Å². The van der Waals surface area contributed by atoms with Crippen LogP contribution in [-0.4, -0.2) is 25.3 Å². The molecule has 0 heterocycles. The number of carbonyl (C=O) groups is 1. The van der Waals surface area contributed by atoms with E-state index < -0.39 is 23.2 Å². The van der Waals surface area contributed by atoms with Crippen molar-refractivity contribution in [3.63, 3.8) is 0 Å². The summed E-state index contributed by atoms with van der Waals surface area (Å²) in [6.07, 6.45) is 18.5. The number of esters is 1. The molecular formula is C36H48F2O3. The predicted octanol–water partition coefficient (Wildman–Crippen LogP) is 10.2. The summed E-state index contributed by atoms with van der Waals surface area (Å²) in [5.74, 6) is -0.727. The lowest BCUT2D eigenvalue weighted by Gasteiger charge is -2.28. The minimum Gasteiger partial charge on any atom is -0.459 e. The van der Waals surface area contributed by atoms with Gasteiger partial charge >= 0.3 is 5.97 Å². The first-order valence-electron chi connectivity index (χ1n) is 16.0. The molecule has 2 aliphatic rings. The Morgan fingerprint density at radius 2 is 1.49 bits per heavy atom. The smallest absolute Gasteiger partial charge is 0.344 e. The van der Waals surface area contributed by atoms with Gasteiger partial charge in [-0.1, -0.05) is 75.9 Å². The molecule has 0 saturated heterocycles. The van der Waals surface area contributed by atoms with Crippen LogP contribution in [0.2, 0.25) is 0 Å². The van der Waals surface area contributed by atoms with Crippen LogP contribution < -0.4 is 0 Å². The summed E-state index contributed by atoms with van der Waals surface area (Å²) in [5, 5.41) is 0. The Bertz CT molecular complexity index is 1090. The summed E-state index contributed by atoms with van der Waals surface area (Å²) < 4.78 is 41.3. The molecule has 0 bridgehead atoms. The average molecular weight is 567 g/mol. The van der Waals surface area contributed by atoms with Gasteiger partial charge in [-0.3, -0.25) is 0 Å². The van der Waals surface area contributed by atoms with Gasteiger partial charge in [0, 0.05) is 13.2 Å². The standard InChI is InChI=1S/C36H48F2O3/c1-3-5-6-7-26-16-20-32(21-17-26)41-36(39)35-33(37)23-31(24-34(35)38)30-18-14-28(15-19-30)9-8-27-10-12-29(13-11-27)25-40-22-4-2/h8-9,14-15,18-19,23-24,26-27,29,32H,3-7,10-13,16-17,20-22,25H2,1-2H3. The summed E-state index contributed by atoms with van der Waals surface area (Å²) in [6, 6.07) is 10.1. The molecule has 0 amide bonds. The Morgan fingerprint density at radius 1 is 0.829 bits per heavy atom. The van der Waals surface area contributed by atoms with Gasteiger partial charge in [0.2, 0.25) is 0 Å². The van der Waals surface area contributed by atoms with Crippen LogP contribution in [0.3, 0.4) is 0 Å². The largest absolute Gasteiger partial charge is 0.459 e. The molecule has 0 aromatic heterocycles. The summed E-state index contributed by atoms with van der Waals surface area (Å²) in [6.45, 7) is 6.08. The lowest BCUT2D eigenvalue weighted by atomic mass is 9.82. The molecule has 2 aliphatic carbocycles. The summed E-state index contributed by atoms with van der Waals surface area (Å²) in [7, 11) is 0. The van der Waals surface area contributed by atoms with Crippen molar-refractivity contribution >= 4 is 12.0 Å². The van der Waals surface area contributed by atoms with E-state index in [1.807, 2.05) is 24.3 Å². The molecule has 2 fully saturated rings. The monoisotopic (exact) mass is 566 g/mol. The number of halogens is 2. The fourth-order valence-electron chi connectivity index (χ4n) is 6.34. The second-order valence-corrected chi connectivity index (χ2v) is 12.2. The summed E-state index contributed by atoms with van der Waals surface area (Å²) >= 11 is 0. The quantitative estimate of drug-likeness (QED) is 0.179. The van der Waals surface area contributed by atoms with Crippen molar-refractivity contribution < 1.29 is 23.0 Å². The molecular weight excluding hydrogens is 518 g/mol. The maximum absolute atomic E-state index is 15.0. The lowest BCUT2D eigenvalue weighted by Crippen LogP contribution is -2.25. The van der Waals surface area contributed by atoms with Gasteiger partial charge in [0.15, 0.2) is 0 Å². The Morgan fingerprint density at radius 3 is 2.12 bits per heavy atom. The van der Waals surface area contributed by atoms with Crippen LogP contribution in [0.15, 0.2) is 42.5 Å². The van der Waals surface area contributed by atoms with Crippen molar-refractivity contribution in [3.05, 3.63) is 65.2 Å². The number of hydrogen-bond acceptors (Lipinski definition) is 3. The minimum atomic E-state index is -0.899. The average Bonchev–Trinajstić information content (AvgIpc) is 2.98. The van der Waals surface area contributed by atoms with Crippen LogP contribution in [0.1, 0.15) is 113 Å². The third kappa shape index (κ3) is 9.49. The summed E-state index contributed by atoms with van der Waals surface area (Å²) in [5.41, 5.74) is 1.57. The van der Waals surface area contributed by atoms with E-state index in [1.165, 1.54) is 63.5 Å². The van der Waals surface area contributed by atoms with E-state index in [2.05, 4.69) is 26.0 Å². The molecule has 2 aromatic rings.